The lowest BCUT2D eigenvalue weighted by molar-refractivity contribution is -0.119. The lowest BCUT2D eigenvalue weighted by Gasteiger charge is -2.22. The molecule has 1 atom stereocenters. The average molecular weight is 376 g/mol. The second kappa shape index (κ2) is 6.64. The molecule has 2 aromatic heterocycles. The van der Waals surface area contributed by atoms with Gasteiger partial charge in [-0.05, 0) is 12.8 Å². The molecular formula is C18H24N4O3S. The predicted molar refractivity (Wildman–Crippen MR) is 102 cm³/mol. The maximum atomic E-state index is 12.8. The number of aryl methyl sites for hydroxylation is 1. The van der Waals surface area contributed by atoms with Crippen molar-refractivity contribution in [3.8, 4) is 0 Å². The Balaban J connectivity index is 2.30. The topological polar surface area (TPSA) is 86.8 Å². The number of hydrogen-bond acceptors (Lipinski definition) is 6. The second-order valence-electron chi connectivity index (χ2n) is 7.83. The van der Waals surface area contributed by atoms with Crippen LogP contribution in [0.5, 0.6) is 0 Å². The molecule has 0 spiro atoms. The highest BCUT2D eigenvalue weighted by Gasteiger charge is 2.28. The summed E-state index contributed by atoms with van der Waals surface area (Å²) < 4.78 is 2.44. The van der Waals surface area contributed by atoms with Crippen LogP contribution in [-0.4, -0.2) is 30.1 Å². The molecule has 8 heteroatoms. The summed E-state index contributed by atoms with van der Waals surface area (Å²) in [7, 11) is 3.05. The minimum Gasteiger partial charge on any atom is -0.298 e. The van der Waals surface area contributed by atoms with E-state index in [4.69, 9.17) is 0 Å². The van der Waals surface area contributed by atoms with E-state index in [0.29, 0.717) is 28.3 Å². The van der Waals surface area contributed by atoms with Crippen molar-refractivity contribution in [2.24, 2.45) is 14.1 Å². The Hall–Kier alpha value is -1.96. The van der Waals surface area contributed by atoms with Crippen LogP contribution in [0.15, 0.2) is 14.6 Å². The van der Waals surface area contributed by atoms with Crippen LogP contribution in [0.3, 0.4) is 0 Å². The number of Topliss-reactive ketones (excluding diaryl/α,β-unsaturated/α-hetero) is 1. The molecule has 26 heavy (non-hydrogen) atoms. The zero-order valence-corrected chi connectivity index (χ0v) is 16.6. The van der Waals surface area contributed by atoms with Gasteiger partial charge in [-0.15, -0.1) is 0 Å². The molecule has 3 rings (SSSR count). The van der Waals surface area contributed by atoms with Gasteiger partial charge in [0.15, 0.2) is 5.65 Å². The number of thioether (sulfide) groups is 1. The molecule has 1 aliphatic rings. The highest BCUT2D eigenvalue weighted by atomic mass is 32.2. The minimum atomic E-state index is -0.425. The largest absolute Gasteiger partial charge is 0.332 e. The Kier molecular flexibility index (Phi) is 4.81. The number of aromatic nitrogens is 4. The first kappa shape index (κ1) is 18.8. The lowest BCUT2D eigenvalue weighted by Crippen LogP contribution is -2.38. The first-order valence-corrected chi connectivity index (χ1v) is 9.67. The highest BCUT2D eigenvalue weighted by Crippen LogP contribution is 2.34. The molecule has 1 aliphatic carbocycles. The molecule has 0 radical (unpaired) electrons. The normalized spacial score (nSPS) is 18.5. The van der Waals surface area contributed by atoms with Gasteiger partial charge in [-0.1, -0.05) is 39.0 Å². The monoisotopic (exact) mass is 376 g/mol. The molecule has 0 aliphatic heterocycles. The Morgan fingerprint density at radius 1 is 1.04 bits per heavy atom. The van der Waals surface area contributed by atoms with E-state index in [1.807, 2.05) is 20.8 Å². The van der Waals surface area contributed by atoms with Gasteiger partial charge >= 0.3 is 5.69 Å². The van der Waals surface area contributed by atoms with Crippen molar-refractivity contribution >= 4 is 28.6 Å². The van der Waals surface area contributed by atoms with Crippen LogP contribution in [0.2, 0.25) is 0 Å². The van der Waals surface area contributed by atoms with E-state index in [0.717, 1.165) is 23.8 Å². The molecule has 2 heterocycles. The van der Waals surface area contributed by atoms with E-state index in [1.54, 1.807) is 7.05 Å². The van der Waals surface area contributed by atoms with E-state index in [2.05, 4.69) is 9.97 Å². The molecule has 1 saturated carbocycles. The van der Waals surface area contributed by atoms with E-state index < -0.39 is 11.2 Å². The summed E-state index contributed by atoms with van der Waals surface area (Å²) in [6, 6.07) is 0. The van der Waals surface area contributed by atoms with E-state index >= 15 is 0 Å². The Morgan fingerprint density at radius 2 is 1.73 bits per heavy atom. The lowest BCUT2D eigenvalue weighted by atomic mass is 9.96. The SMILES string of the molecule is Cn1c(=O)c2c(SC3CCCCC3=O)nc(C(C)(C)C)nc2n(C)c1=O. The third kappa shape index (κ3) is 3.22. The Labute approximate surface area is 155 Å². The number of carbonyl (C=O) groups excluding carboxylic acids is 1. The van der Waals surface area contributed by atoms with Crippen molar-refractivity contribution in [3.05, 3.63) is 26.7 Å². The molecule has 1 unspecified atom stereocenters. The number of hydrogen-bond donors (Lipinski definition) is 0. The van der Waals surface area contributed by atoms with Gasteiger partial charge in [0.1, 0.15) is 22.0 Å². The number of rotatable bonds is 2. The molecule has 0 N–H and O–H groups in total. The van der Waals surface area contributed by atoms with Gasteiger partial charge in [0.25, 0.3) is 5.56 Å². The number of ketones is 1. The maximum absolute atomic E-state index is 12.8. The Morgan fingerprint density at radius 3 is 2.35 bits per heavy atom. The van der Waals surface area contributed by atoms with Crippen LogP contribution >= 0.6 is 11.8 Å². The smallest absolute Gasteiger partial charge is 0.298 e. The fourth-order valence-electron chi connectivity index (χ4n) is 3.06. The minimum absolute atomic E-state index is 0.198. The van der Waals surface area contributed by atoms with Gasteiger partial charge < -0.3 is 0 Å². The van der Waals surface area contributed by atoms with Gasteiger partial charge in [0.2, 0.25) is 0 Å². The summed E-state index contributed by atoms with van der Waals surface area (Å²) >= 11 is 1.34. The molecule has 0 saturated heterocycles. The quantitative estimate of drug-likeness (QED) is 0.745. The fourth-order valence-corrected chi connectivity index (χ4v) is 4.30. The maximum Gasteiger partial charge on any atom is 0.332 e. The second-order valence-corrected chi connectivity index (χ2v) is 9.02. The molecule has 140 valence electrons. The summed E-state index contributed by atoms with van der Waals surface area (Å²) in [5.41, 5.74) is -0.874. The molecular weight excluding hydrogens is 352 g/mol. The molecule has 0 aromatic carbocycles. The number of fused-ring (bicyclic) bond motifs is 1. The van der Waals surface area contributed by atoms with E-state index in [-0.39, 0.29) is 16.4 Å². The number of nitrogens with zero attached hydrogens (tertiary/aromatic N) is 4. The average Bonchev–Trinajstić information content (AvgIpc) is 2.58. The van der Waals surface area contributed by atoms with Gasteiger partial charge in [0, 0.05) is 25.9 Å². The van der Waals surface area contributed by atoms with Crippen molar-refractivity contribution in [2.45, 2.75) is 62.1 Å². The van der Waals surface area contributed by atoms with Crippen LogP contribution in [0, 0.1) is 0 Å². The van der Waals surface area contributed by atoms with Gasteiger partial charge in [0.05, 0.1) is 5.25 Å². The fraction of sp³-hybridized carbons (Fsp3) is 0.611. The third-order valence-electron chi connectivity index (χ3n) is 4.69. The van der Waals surface area contributed by atoms with Crippen molar-refractivity contribution in [3.63, 3.8) is 0 Å². The van der Waals surface area contributed by atoms with Crippen molar-refractivity contribution < 1.29 is 4.79 Å². The standard InChI is InChI=1S/C18H24N4O3S/c1-18(2,3)16-19-13-12(15(24)22(5)17(25)21(13)4)14(20-16)26-11-9-7-6-8-10(11)23/h11H,6-9H2,1-5H3. The van der Waals surface area contributed by atoms with Crippen LogP contribution in [0.25, 0.3) is 11.0 Å². The first-order valence-electron chi connectivity index (χ1n) is 8.79. The molecule has 2 aromatic rings. The van der Waals surface area contributed by atoms with Gasteiger partial charge in [-0.3, -0.25) is 18.7 Å². The summed E-state index contributed by atoms with van der Waals surface area (Å²) in [6.45, 7) is 5.94. The third-order valence-corrected chi connectivity index (χ3v) is 5.99. The number of carbonyl (C=O) groups is 1. The first-order chi connectivity index (χ1) is 12.1. The van der Waals surface area contributed by atoms with E-state index in [1.165, 1.54) is 23.4 Å². The van der Waals surface area contributed by atoms with Crippen LogP contribution in [-0.2, 0) is 24.3 Å². The zero-order chi connectivity index (χ0) is 19.2. The summed E-state index contributed by atoms with van der Waals surface area (Å²) in [6.07, 6.45) is 3.27. The van der Waals surface area contributed by atoms with Crippen molar-refractivity contribution in [1.82, 2.24) is 19.1 Å². The summed E-state index contributed by atoms with van der Waals surface area (Å²) in [5, 5.41) is 0.610. The van der Waals surface area contributed by atoms with Crippen LogP contribution < -0.4 is 11.2 Å². The van der Waals surface area contributed by atoms with E-state index in [9.17, 15) is 14.4 Å². The molecule has 1 fully saturated rings. The summed E-state index contributed by atoms with van der Waals surface area (Å²) in [5.74, 6) is 0.756. The van der Waals surface area contributed by atoms with Gasteiger partial charge in [-0.25, -0.2) is 14.8 Å². The van der Waals surface area contributed by atoms with Crippen molar-refractivity contribution in [1.29, 1.82) is 0 Å². The van der Waals surface area contributed by atoms with Crippen molar-refractivity contribution in [2.75, 3.05) is 0 Å². The summed E-state index contributed by atoms with van der Waals surface area (Å²) in [4.78, 5) is 46.6. The zero-order valence-electron chi connectivity index (χ0n) is 15.8. The van der Waals surface area contributed by atoms with Crippen LogP contribution in [0.1, 0.15) is 52.3 Å². The molecule has 0 amide bonds. The van der Waals surface area contributed by atoms with Crippen LogP contribution in [0.4, 0.5) is 0 Å². The Bertz CT molecular complexity index is 1000. The molecule has 7 nitrogen and oxygen atoms in total. The highest BCUT2D eigenvalue weighted by molar-refractivity contribution is 8.00. The molecule has 0 bridgehead atoms. The predicted octanol–water partition coefficient (Wildman–Crippen LogP) is 1.93. The van der Waals surface area contributed by atoms with Gasteiger partial charge in [-0.2, -0.15) is 0 Å².